The van der Waals surface area contributed by atoms with E-state index in [1.54, 1.807) is 0 Å². The van der Waals surface area contributed by atoms with Crippen LogP contribution in [0.1, 0.15) is 0 Å². The Morgan fingerprint density at radius 2 is 0.950 bits per heavy atom. The van der Waals surface area contributed by atoms with Crippen LogP contribution in [0, 0.1) is 0 Å². The summed E-state index contributed by atoms with van der Waals surface area (Å²) >= 11 is 0. The molecular weight excluding hydrogens is 256 g/mol. The van der Waals surface area contributed by atoms with Gasteiger partial charge >= 0.3 is 12.1 Å². The number of carbonyl (C=O) groups excluding carboxylic acids is 2. The lowest BCUT2D eigenvalue weighted by molar-refractivity contribution is 0.249. The van der Waals surface area contributed by atoms with Gasteiger partial charge in [0, 0.05) is 0 Å². The number of amides is 4. The van der Waals surface area contributed by atoms with Crippen LogP contribution in [0.2, 0.25) is 0 Å². The lowest BCUT2D eigenvalue weighted by atomic mass is 10.1. The van der Waals surface area contributed by atoms with Gasteiger partial charge in [-0.25, -0.2) is 9.59 Å². The molecule has 2 rings (SSSR count). The average Bonchev–Trinajstić information content (AvgIpc) is 2.48. The van der Waals surface area contributed by atoms with Gasteiger partial charge in [0.15, 0.2) is 0 Å². The van der Waals surface area contributed by atoms with Crippen LogP contribution in [0.3, 0.4) is 0 Å². The van der Waals surface area contributed by atoms with Gasteiger partial charge in [-0.1, -0.05) is 70.9 Å². The van der Waals surface area contributed by atoms with Crippen molar-refractivity contribution in [3.05, 3.63) is 60.7 Å². The molecule has 6 nitrogen and oxygen atoms in total. The lowest BCUT2D eigenvalue weighted by Crippen LogP contribution is -2.07. The quantitative estimate of drug-likeness (QED) is 0.776. The Balaban J connectivity index is 0.000000221. The van der Waals surface area contributed by atoms with Crippen molar-refractivity contribution in [3.8, 4) is 11.1 Å². The maximum absolute atomic E-state index is 9.66. The lowest BCUT2D eigenvalue weighted by Gasteiger charge is -1.98. The van der Waals surface area contributed by atoms with Crippen molar-refractivity contribution in [2.24, 2.45) is 21.7 Å². The average molecular weight is 270 g/mol. The Kier molecular flexibility index (Phi) is 6.13. The minimum Gasteiger partial charge on any atom is -0.348 e. The summed E-state index contributed by atoms with van der Waals surface area (Å²) < 4.78 is 0. The highest BCUT2D eigenvalue weighted by Gasteiger charge is 1.91. The van der Waals surface area contributed by atoms with Crippen molar-refractivity contribution in [1.82, 2.24) is 0 Å². The largest absolute Gasteiger partial charge is 0.357 e. The first kappa shape index (κ1) is 15.0. The second kappa shape index (κ2) is 8.15. The van der Waals surface area contributed by atoms with Gasteiger partial charge in [0.1, 0.15) is 0 Å². The summed E-state index contributed by atoms with van der Waals surface area (Å²) in [6, 6.07) is 18.7. The zero-order valence-corrected chi connectivity index (χ0v) is 10.6. The van der Waals surface area contributed by atoms with Crippen molar-refractivity contribution in [1.29, 1.82) is 0 Å². The summed E-state index contributed by atoms with van der Waals surface area (Å²) in [7, 11) is 0. The first-order chi connectivity index (χ1) is 9.59. The molecule has 0 bridgehead atoms. The van der Waals surface area contributed by atoms with Gasteiger partial charge in [-0.3, -0.25) is 0 Å². The van der Waals surface area contributed by atoms with Crippen molar-refractivity contribution < 1.29 is 9.59 Å². The summed E-state index contributed by atoms with van der Waals surface area (Å²) in [4.78, 5) is 19.3. The van der Waals surface area contributed by atoms with Gasteiger partial charge < -0.3 is 11.5 Å². The number of hydrogen-bond acceptors (Lipinski definition) is 2. The predicted molar refractivity (Wildman–Crippen MR) is 75.9 cm³/mol. The second-order valence-corrected chi connectivity index (χ2v) is 3.61. The maximum Gasteiger partial charge on any atom is 0.357 e. The molecule has 4 N–H and O–H groups in total. The second-order valence-electron chi connectivity index (χ2n) is 3.61. The highest BCUT2D eigenvalue weighted by molar-refractivity contribution is 5.77. The number of azo groups is 1. The zero-order valence-electron chi connectivity index (χ0n) is 10.6. The van der Waals surface area contributed by atoms with Crippen LogP contribution in [0.25, 0.3) is 11.1 Å². The molecule has 2 aromatic rings. The molecule has 0 aliphatic heterocycles. The molecule has 20 heavy (non-hydrogen) atoms. The molecule has 102 valence electrons. The number of nitrogens with zero attached hydrogens (tertiary/aromatic N) is 2. The van der Waals surface area contributed by atoms with Gasteiger partial charge in [0.2, 0.25) is 0 Å². The highest BCUT2D eigenvalue weighted by Crippen LogP contribution is 2.17. The summed E-state index contributed by atoms with van der Waals surface area (Å²) in [6.45, 7) is 0. The van der Waals surface area contributed by atoms with Gasteiger partial charge in [0.05, 0.1) is 0 Å². The molecule has 0 aliphatic rings. The van der Waals surface area contributed by atoms with Crippen LogP contribution in [0.4, 0.5) is 9.59 Å². The fourth-order valence-electron chi connectivity index (χ4n) is 1.36. The maximum atomic E-state index is 9.66. The Morgan fingerprint density at radius 3 is 1.20 bits per heavy atom. The molecule has 0 aliphatic carbocycles. The zero-order chi connectivity index (χ0) is 14.8. The fourth-order valence-corrected chi connectivity index (χ4v) is 1.36. The van der Waals surface area contributed by atoms with E-state index in [1.165, 1.54) is 11.1 Å². The minimum absolute atomic E-state index is 1.04. The fraction of sp³-hybridized carbons (Fsp3) is 0. The third-order valence-electron chi connectivity index (χ3n) is 2.13. The van der Waals surface area contributed by atoms with E-state index in [9.17, 15) is 9.59 Å². The van der Waals surface area contributed by atoms with E-state index in [0.29, 0.717) is 0 Å². The van der Waals surface area contributed by atoms with Crippen molar-refractivity contribution in [2.45, 2.75) is 0 Å². The first-order valence-corrected chi connectivity index (χ1v) is 5.70. The molecule has 6 heteroatoms. The summed E-state index contributed by atoms with van der Waals surface area (Å²) in [5.41, 5.74) is 11.4. The molecule has 0 unspecified atom stereocenters. The standard InChI is InChI=1S/C12H10.C2H4N4O2/c1-3-7-11(8-4-1)12-9-5-2-6-10-12;3-1(7)5-6-2(4)8/h1-10H;(H2,3,7)(H2,4,8). The number of urea groups is 2. The Labute approximate surface area is 116 Å². The normalized spacial score (nSPS) is 9.60. The van der Waals surface area contributed by atoms with Crippen LogP contribution >= 0.6 is 0 Å². The van der Waals surface area contributed by atoms with Gasteiger partial charge in [-0.05, 0) is 11.1 Å². The van der Waals surface area contributed by atoms with E-state index in [0.717, 1.165) is 0 Å². The Morgan fingerprint density at radius 1 is 0.650 bits per heavy atom. The first-order valence-electron chi connectivity index (χ1n) is 5.70. The molecule has 0 saturated carbocycles. The smallest absolute Gasteiger partial charge is 0.348 e. The van der Waals surface area contributed by atoms with Crippen LogP contribution in [-0.4, -0.2) is 12.1 Å². The van der Waals surface area contributed by atoms with Crippen molar-refractivity contribution in [2.75, 3.05) is 0 Å². The molecule has 0 fully saturated rings. The third-order valence-corrected chi connectivity index (χ3v) is 2.13. The van der Waals surface area contributed by atoms with Gasteiger partial charge in [-0.15, -0.1) is 0 Å². The summed E-state index contributed by atoms with van der Waals surface area (Å²) in [6.07, 6.45) is 0. The van der Waals surface area contributed by atoms with E-state index in [1.807, 2.05) is 12.1 Å². The molecule has 0 atom stereocenters. The molecule has 0 saturated heterocycles. The van der Waals surface area contributed by atoms with Crippen LogP contribution < -0.4 is 11.5 Å². The molecule has 0 heterocycles. The van der Waals surface area contributed by atoms with E-state index in [4.69, 9.17) is 0 Å². The molecular formula is C14H14N4O2. The molecule has 2 aromatic carbocycles. The summed E-state index contributed by atoms with van der Waals surface area (Å²) in [5, 5.41) is 5.23. The number of hydrogen-bond donors (Lipinski definition) is 2. The van der Waals surface area contributed by atoms with Crippen molar-refractivity contribution >= 4 is 12.1 Å². The summed E-state index contributed by atoms with van der Waals surface area (Å²) in [5.74, 6) is 0. The van der Waals surface area contributed by atoms with Crippen molar-refractivity contribution in [3.63, 3.8) is 0 Å². The number of nitrogens with two attached hydrogens (primary N) is 2. The number of carbonyl (C=O) groups is 2. The molecule has 4 amide bonds. The Hall–Kier alpha value is -3.02. The molecule has 0 radical (unpaired) electrons. The van der Waals surface area contributed by atoms with E-state index < -0.39 is 12.1 Å². The van der Waals surface area contributed by atoms with E-state index in [2.05, 4.69) is 70.2 Å². The SMILES string of the molecule is NC(=O)N=NC(N)=O.c1ccc(-c2ccccc2)cc1. The van der Waals surface area contributed by atoms with E-state index >= 15 is 0 Å². The van der Waals surface area contributed by atoms with Crippen LogP contribution in [-0.2, 0) is 0 Å². The topological polar surface area (TPSA) is 111 Å². The van der Waals surface area contributed by atoms with Crippen LogP contribution in [0.15, 0.2) is 70.9 Å². The van der Waals surface area contributed by atoms with Crippen LogP contribution in [0.5, 0.6) is 0 Å². The van der Waals surface area contributed by atoms with E-state index in [-0.39, 0.29) is 0 Å². The van der Waals surface area contributed by atoms with Gasteiger partial charge in [0.25, 0.3) is 0 Å². The minimum atomic E-state index is -1.04. The molecule has 0 aromatic heterocycles. The van der Waals surface area contributed by atoms with Gasteiger partial charge in [-0.2, -0.15) is 0 Å². The number of primary amides is 2. The third kappa shape index (κ3) is 6.06. The number of benzene rings is 2. The highest BCUT2D eigenvalue weighted by atomic mass is 16.2. The monoisotopic (exact) mass is 270 g/mol. The molecule has 0 spiro atoms. The Bertz CT molecular complexity index is 529. The number of rotatable bonds is 1. The predicted octanol–water partition coefficient (Wildman–Crippen LogP) is 2.95.